The molecule has 2 heterocycles. The minimum absolute atomic E-state index is 0.0228. The Bertz CT molecular complexity index is 886. The Labute approximate surface area is 139 Å². The van der Waals surface area contributed by atoms with Crippen LogP contribution in [0.2, 0.25) is 0 Å². The number of nitrogens with one attached hydrogen (secondary N) is 2. The first-order valence-corrected chi connectivity index (χ1v) is 7.65. The second-order valence-corrected chi connectivity index (χ2v) is 5.68. The monoisotopic (exact) mass is 345 g/mol. The van der Waals surface area contributed by atoms with Gasteiger partial charge in [0.1, 0.15) is 0 Å². The lowest BCUT2D eigenvalue weighted by molar-refractivity contribution is -0.384. The summed E-state index contributed by atoms with van der Waals surface area (Å²) in [6, 6.07) is 5.05. The van der Waals surface area contributed by atoms with Gasteiger partial charge in [-0.1, -0.05) is 0 Å². The van der Waals surface area contributed by atoms with E-state index in [9.17, 15) is 19.7 Å². The molecule has 0 aliphatic rings. The molecule has 0 fully saturated rings. The fraction of sp³-hybridized carbons (Fsp3) is 0.0714. The van der Waals surface area contributed by atoms with Crippen LogP contribution in [-0.4, -0.2) is 26.1 Å². The van der Waals surface area contributed by atoms with Crippen LogP contribution in [0.4, 0.5) is 5.69 Å². The fourth-order valence-corrected chi connectivity index (χ4v) is 2.72. The normalized spacial score (nSPS) is 10.5. The number of nitro benzene ring substituents is 1. The molecule has 0 radical (unpaired) electrons. The lowest BCUT2D eigenvalue weighted by Gasteiger charge is -2.06. The van der Waals surface area contributed by atoms with Crippen LogP contribution in [0.1, 0.15) is 16.1 Å². The van der Waals surface area contributed by atoms with E-state index >= 15 is 0 Å². The number of carbonyl (C=O) groups excluding carboxylic acids is 2. The van der Waals surface area contributed by atoms with Gasteiger partial charge in [0.2, 0.25) is 5.91 Å². The van der Waals surface area contributed by atoms with Crippen LogP contribution in [0.3, 0.4) is 0 Å². The lowest BCUT2D eigenvalue weighted by Crippen LogP contribution is -2.42. The number of carbonyl (C=O) groups is 2. The molecule has 122 valence electrons. The summed E-state index contributed by atoms with van der Waals surface area (Å²) in [5.41, 5.74) is 5.21. The van der Waals surface area contributed by atoms with Gasteiger partial charge in [-0.25, -0.2) is 4.98 Å². The number of nitro groups is 1. The molecule has 9 nitrogen and oxygen atoms in total. The summed E-state index contributed by atoms with van der Waals surface area (Å²) in [5.74, 6) is -0.986. The van der Waals surface area contributed by atoms with Gasteiger partial charge in [-0.05, 0) is 12.1 Å². The number of hydrazine groups is 1. The first-order valence-electron chi connectivity index (χ1n) is 6.77. The highest BCUT2D eigenvalue weighted by Crippen LogP contribution is 2.12. The average Bonchev–Trinajstić information content (AvgIpc) is 3.14. The number of rotatable bonds is 4. The summed E-state index contributed by atoms with van der Waals surface area (Å²) >= 11 is 1.46. The van der Waals surface area contributed by atoms with Crippen molar-refractivity contribution in [3.8, 4) is 0 Å². The number of aromatic nitrogens is 2. The van der Waals surface area contributed by atoms with Gasteiger partial charge in [0.05, 0.1) is 17.0 Å². The summed E-state index contributed by atoms with van der Waals surface area (Å²) in [5, 5.41) is 12.4. The number of fused-ring (bicyclic) bond motifs is 1. The number of non-ortho nitro benzene ring substituents is 1. The van der Waals surface area contributed by atoms with E-state index in [-0.39, 0.29) is 17.7 Å². The van der Waals surface area contributed by atoms with Crippen LogP contribution >= 0.6 is 11.3 Å². The molecule has 0 aliphatic carbocycles. The van der Waals surface area contributed by atoms with Crippen LogP contribution in [-0.2, 0) is 11.2 Å². The van der Waals surface area contributed by atoms with Gasteiger partial charge in [0.25, 0.3) is 11.6 Å². The Morgan fingerprint density at radius 3 is 2.67 bits per heavy atom. The maximum Gasteiger partial charge on any atom is 0.269 e. The highest BCUT2D eigenvalue weighted by molar-refractivity contribution is 7.15. The molecule has 0 spiro atoms. The first-order chi connectivity index (χ1) is 11.5. The summed E-state index contributed by atoms with van der Waals surface area (Å²) in [4.78, 5) is 38.8. The molecule has 3 aromatic rings. The minimum atomic E-state index is -0.566. The molecular weight excluding hydrogens is 334 g/mol. The molecule has 3 rings (SSSR count). The van der Waals surface area contributed by atoms with E-state index < -0.39 is 16.7 Å². The summed E-state index contributed by atoms with van der Waals surface area (Å²) in [6.45, 7) is 0. The molecule has 0 bridgehead atoms. The van der Waals surface area contributed by atoms with E-state index in [1.165, 1.54) is 35.6 Å². The smallest absolute Gasteiger partial charge is 0.269 e. The zero-order chi connectivity index (χ0) is 17.1. The van der Waals surface area contributed by atoms with E-state index in [4.69, 9.17) is 0 Å². The molecule has 24 heavy (non-hydrogen) atoms. The number of amides is 2. The maximum absolute atomic E-state index is 11.9. The quantitative estimate of drug-likeness (QED) is 0.546. The largest absolute Gasteiger partial charge is 0.297 e. The third-order valence-corrected chi connectivity index (χ3v) is 3.91. The Hall–Kier alpha value is -3.27. The molecule has 1 aromatic carbocycles. The maximum atomic E-state index is 11.9. The standard InChI is InChI=1S/C14H11N5O4S/c20-12(7-10-8-18-5-6-24-14(18)15-10)16-17-13(21)9-1-3-11(4-2-9)19(22)23/h1-6,8H,7H2,(H,16,20)(H,17,21). The molecule has 0 saturated heterocycles. The van der Waals surface area contributed by atoms with E-state index in [2.05, 4.69) is 15.8 Å². The fourth-order valence-electron chi connectivity index (χ4n) is 2.00. The topological polar surface area (TPSA) is 119 Å². The number of hydrogen-bond donors (Lipinski definition) is 2. The number of benzene rings is 1. The van der Waals surface area contributed by atoms with Gasteiger partial charge in [0.15, 0.2) is 4.96 Å². The van der Waals surface area contributed by atoms with E-state index in [1.54, 1.807) is 6.20 Å². The number of thiazole rings is 1. The molecule has 0 atom stereocenters. The number of hydrogen-bond acceptors (Lipinski definition) is 6. The molecule has 0 aliphatic heterocycles. The predicted molar refractivity (Wildman–Crippen MR) is 85.5 cm³/mol. The van der Waals surface area contributed by atoms with Crippen LogP contribution in [0, 0.1) is 10.1 Å². The Morgan fingerprint density at radius 2 is 2.00 bits per heavy atom. The average molecular weight is 345 g/mol. The Kier molecular flexibility index (Phi) is 4.20. The lowest BCUT2D eigenvalue weighted by atomic mass is 10.2. The Morgan fingerprint density at radius 1 is 1.25 bits per heavy atom. The van der Waals surface area contributed by atoms with Gasteiger partial charge in [0, 0.05) is 35.5 Å². The van der Waals surface area contributed by atoms with Crippen LogP contribution < -0.4 is 10.9 Å². The molecule has 2 N–H and O–H groups in total. The second-order valence-electron chi connectivity index (χ2n) is 4.81. The van der Waals surface area contributed by atoms with Crippen LogP contribution in [0.5, 0.6) is 0 Å². The van der Waals surface area contributed by atoms with Crippen molar-refractivity contribution in [2.24, 2.45) is 0 Å². The van der Waals surface area contributed by atoms with Crippen molar-refractivity contribution in [1.82, 2.24) is 20.2 Å². The van der Waals surface area contributed by atoms with Crippen LogP contribution in [0.15, 0.2) is 42.0 Å². The van der Waals surface area contributed by atoms with Gasteiger partial charge in [-0.2, -0.15) is 0 Å². The van der Waals surface area contributed by atoms with Crippen molar-refractivity contribution in [3.05, 3.63) is 63.4 Å². The van der Waals surface area contributed by atoms with Crippen molar-refractivity contribution in [1.29, 1.82) is 0 Å². The molecule has 10 heteroatoms. The first kappa shape index (κ1) is 15.6. The van der Waals surface area contributed by atoms with Crippen molar-refractivity contribution >= 4 is 33.8 Å². The molecule has 2 amide bonds. The third-order valence-electron chi connectivity index (χ3n) is 3.14. The molecule has 0 unspecified atom stereocenters. The van der Waals surface area contributed by atoms with Gasteiger partial charge in [-0.3, -0.25) is 35.0 Å². The summed E-state index contributed by atoms with van der Waals surface area (Å²) in [6.07, 6.45) is 3.60. The third kappa shape index (κ3) is 3.38. The molecule has 0 saturated carbocycles. The highest BCUT2D eigenvalue weighted by Gasteiger charge is 2.12. The predicted octanol–water partition coefficient (Wildman–Crippen LogP) is 1.31. The van der Waals surface area contributed by atoms with E-state index in [0.29, 0.717) is 5.69 Å². The van der Waals surface area contributed by atoms with Crippen molar-refractivity contribution in [3.63, 3.8) is 0 Å². The van der Waals surface area contributed by atoms with Gasteiger partial charge < -0.3 is 0 Å². The van der Waals surface area contributed by atoms with E-state index in [0.717, 1.165) is 4.96 Å². The second kappa shape index (κ2) is 6.46. The highest BCUT2D eigenvalue weighted by atomic mass is 32.1. The van der Waals surface area contributed by atoms with Crippen LogP contribution in [0.25, 0.3) is 4.96 Å². The Balaban J connectivity index is 1.54. The van der Waals surface area contributed by atoms with E-state index in [1.807, 2.05) is 16.0 Å². The SMILES string of the molecule is O=C(Cc1cn2ccsc2n1)NNC(=O)c1ccc([N+](=O)[O-])cc1. The minimum Gasteiger partial charge on any atom is -0.297 e. The van der Waals surface area contributed by atoms with Gasteiger partial charge >= 0.3 is 0 Å². The zero-order valence-corrected chi connectivity index (χ0v) is 12.9. The molecular formula is C14H11N5O4S. The van der Waals surface area contributed by atoms with Crippen molar-refractivity contribution in [2.75, 3.05) is 0 Å². The summed E-state index contributed by atoms with van der Waals surface area (Å²) in [7, 11) is 0. The molecule has 2 aromatic heterocycles. The zero-order valence-electron chi connectivity index (χ0n) is 12.1. The number of imidazole rings is 1. The number of nitrogens with zero attached hydrogens (tertiary/aromatic N) is 3. The van der Waals surface area contributed by atoms with Gasteiger partial charge in [-0.15, -0.1) is 11.3 Å². The van der Waals surface area contributed by atoms with Crippen molar-refractivity contribution in [2.45, 2.75) is 6.42 Å². The van der Waals surface area contributed by atoms with Crippen molar-refractivity contribution < 1.29 is 14.5 Å². The summed E-state index contributed by atoms with van der Waals surface area (Å²) < 4.78 is 1.81.